The minimum Gasteiger partial charge on any atom is -0.323 e. The Morgan fingerprint density at radius 1 is 1.32 bits per heavy atom. The predicted molar refractivity (Wildman–Crippen MR) is 79.4 cm³/mol. The first kappa shape index (κ1) is 13.0. The molecule has 4 aliphatic rings. The van der Waals surface area contributed by atoms with Crippen molar-refractivity contribution in [2.24, 2.45) is 23.2 Å². The van der Waals surface area contributed by atoms with E-state index in [1.165, 1.54) is 25.5 Å². The van der Waals surface area contributed by atoms with Crippen molar-refractivity contribution in [1.29, 1.82) is 0 Å². The zero-order chi connectivity index (χ0) is 14.9. The molecule has 1 spiro atoms. The average molecular weight is 302 g/mol. The molecule has 1 aromatic rings. The molecule has 118 valence electrons. The number of rotatable bonds is 3. The summed E-state index contributed by atoms with van der Waals surface area (Å²) in [6, 6.07) is 1.41. The van der Waals surface area contributed by atoms with Gasteiger partial charge in [0.2, 0.25) is 0 Å². The summed E-state index contributed by atoms with van der Waals surface area (Å²) in [5, 5.41) is 3.88. The molecule has 0 N–H and O–H groups in total. The van der Waals surface area contributed by atoms with E-state index in [1.807, 2.05) is 6.92 Å². The van der Waals surface area contributed by atoms with Crippen LogP contribution in [0.1, 0.15) is 25.1 Å². The van der Waals surface area contributed by atoms with Crippen molar-refractivity contribution in [2.75, 3.05) is 31.1 Å². The molecule has 6 heteroatoms. The Bertz CT molecular complexity index is 597. The number of aromatic nitrogens is 2. The highest BCUT2D eigenvalue weighted by Crippen LogP contribution is 2.54. The SMILES string of the molecule is Cc1noc(N2CC3(CCC(N4CC5C(C=O)C5C4)C3)C2)n1. The first-order chi connectivity index (χ1) is 10.7. The third kappa shape index (κ3) is 1.79. The highest BCUT2D eigenvalue weighted by molar-refractivity contribution is 5.60. The van der Waals surface area contributed by atoms with Crippen LogP contribution in [-0.2, 0) is 4.79 Å². The summed E-state index contributed by atoms with van der Waals surface area (Å²) >= 11 is 0. The number of aryl methyl sites for hydroxylation is 1. The maximum absolute atomic E-state index is 10.9. The fourth-order valence-electron chi connectivity index (χ4n) is 5.19. The molecule has 2 aliphatic heterocycles. The number of carbonyl (C=O) groups is 1. The lowest BCUT2D eigenvalue weighted by molar-refractivity contribution is -0.109. The van der Waals surface area contributed by atoms with Gasteiger partial charge in [0.25, 0.3) is 0 Å². The number of aldehydes is 1. The molecule has 2 saturated carbocycles. The van der Waals surface area contributed by atoms with Gasteiger partial charge in [-0.15, -0.1) is 0 Å². The molecule has 1 aromatic heterocycles. The molecule has 0 radical (unpaired) electrons. The second kappa shape index (κ2) is 4.31. The van der Waals surface area contributed by atoms with Crippen molar-refractivity contribution >= 4 is 12.3 Å². The number of likely N-dealkylation sites (tertiary alicyclic amines) is 1. The third-order valence-corrected chi connectivity index (χ3v) is 6.48. The maximum Gasteiger partial charge on any atom is 0.324 e. The highest BCUT2D eigenvalue weighted by Gasteiger charge is 2.58. The van der Waals surface area contributed by atoms with E-state index in [2.05, 4.69) is 19.9 Å². The van der Waals surface area contributed by atoms with Crippen molar-refractivity contribution in [3.05, 3.63) is 5.82 Å². The number of hydrogen-bond donors (Lipinski definition) is 0. The fourth-order valence-corrected chi connectivity index (χ4v) is 5.19. The molecule has 22 heavy (non-hydrogen) atoms. The predicted octanol–water partition coefficient (Wildman–Crippen LogP) is 1.11. The summed E-state index contributed by atoms with van der Waals surface area (Å²) in [5.41, 5.74) is 0.462. The molecular formula is C16H22N4O2. The molecule has 3 unspecified atom stereocenters. The fraction of sp³-hybridized carbons (Fsp3) is 0.812. The van der Waals surface area contributed by atoms with Crippen LogP contribution in [0.5, 0.6) is 0 Å². The van der Waals surface area contributed by atoms with E-state index >= 15 is 0 Å². The van der Waals surface area contributed by atoms with Crippen molar-refractivity contribution in [3.63, 3.8) is 0 Å². The topological polar surface area (TPSA) is 62.5 Å². The number of nitrogens with zero attached hydrogens (tertiary/aromatic N) is 4. The van der Waals surface area contributed by atoms with Gasteiger partial charge in [0.15, 0.2) is 5.82 Å². The van der Waals surface area contributed by atoms with Crippen LogP contribution in [0.25, 0.3) is 0 Å². The Morgan fingerprint density at radius 3 is 2.73 bits per heavy atom. The van der Waals surface area contributed by atoms with E-state index in [0.29, 0.717) is 35.0 Å². The lowest BCUT2D eigenvalue weighted by Crippen LogP contribution is -2.56. The van der Waals surface area contributed by atoms with Gasteiger partial charge in [-0.2, -0.15) is 4.98 Å². The number of piperidine rings is 1. The standard InChI is InChI=1S/C16H22N4O2/c1-10-17-15(22-18-10)20-8-16(9-20)3-2-11(4-16)19-5-12-13(6-19)14(12)7-21/h7,11-14H,2-6,8-9H2,1H3. The largest absolute Gasteiger partial charge is 0.324 e. The molecular weight excluding hydrogens is 280 g/mol. The van der Waals surface area contributed by atoms with E-state index in [-0.39, 0.29) is 0 Å². The summed E-state index contributed by atoms with van der Waals surface area (Å²) in [5.74, 6) is 2.44. The molecule has 0 aromatic carbocycles. The molecule has 3 atom stereocenters. The van der Waals surface area contributed by atoms with Gasteiger partial charge < -0.3 is 14.2 Å². The number of anilines is 1. The van der Waals surface area contributed by atoms with E-state index < -0.39 is 0 Å². The monoisotopic (exact) mass is 302 g/mol. The summed E-state index contributed by atoms with van der Waals surface area (Å²) in [6.07, 6.45) is 5.09. The van der Waals surface area contributed by atoms with Crippen LogP contribution in [0.3, 0.4) is 0 Å². The van der Waals surface area contributed by atoms with E-state index in [0.717, 1.165) is 32.2 Å². The Hall–Kier alpha value is -1.43. The highest BCUT2D eigenvalue weighted by atomic mass is 16.5. The van der Waals surface area contributed by atoms with Crippen molar-refractivity contribution < 1.29 is 9.32 Å². The first-order valence-electron chi connectivity index (χ1n) is 8.42. The van der Waals surface area contributed by atoms with Gasteiger partial charge in [-0.1, -0.05) is 5.16 Å². The van der Waals surface area contributed by atoms with Gasteiger partial charge in [0, 0.05) is 43.6 Å². The molecule has 2 aliphatic carbocycles. The van der Waals surface area contributed by atoms with Crippen LogP contribution in [0, 0.1) is 30.1 Å². The van der Waals surface area contributed by atoms with Gasteiger partial charge in [-0.25, -0.2) is 0 Å². The van der Waals surface area contributed by atoms with Crippen molar-refractivity contribution in [2.45, 2.75) is 32.2 Å². The summed E-state index contributed by atoms with van der Waals surface area (Å²) in [7, 11) is 0. The molecule has 3 heterocycles. The summed E-state index contributed by atoms with van der Waals surface area (Å²) < 4.78 is 5.26. The van der Waals surface area contributed by atoms with Gasteiger partial charge >= 0.3 is 6.01 Å². The van der Waals surface area contributed by atoms with Crippen LogP contribution < -0.4 is 4.90 Å². The number of carbonyl (C=O) groups excluding carboxylic acids is 1. The third-order valence-electron chi connectivity index (χ3n) is 6.48. The summed E-state index contributed by atoms with van der Waals surface area (Å²) in [6.45, 7) is 6.29. The zero-order valence-corrected chi connectivity index (χ0v) is 12.9. The lowest BCUT2D eigenvalue weighted by Gasteiger charge is -2.47. The maximum atomic E-state index is 10.9. The van der Waals surface area contributed by atoms with Crippen molar-refractivity contribution in [3.8, 4) is 0 Å². The van der Waals surface area contributed by atoms with E-state index in [4.69, 9.17) is 4.52 Å². The Morgan fingerprint density at radius 2 is 2.09 bits per heavy atom. The summed E-state index contributed by atoms with van der Waals surface area (Å²) in [4.78, 5) is 20.1. The molecule has 2 saturated heterocycles. The van der Waals surface area contributed by atoms with Gasteiger partial charge in [-0.3, -0.25) is 4.90 Å². The Balaban J connectivity index is 1.18. The van der Waals surface area contributed by atoms with Crippen LogP contribution in [0.15, 0.2) is 4.52 Å². The Labute approximate surface area is 129 Å². The molecule has 6 nitrogen and oxygen atoms in total. The van der Waals surface area contributed by atoms with Crippen LogP contribution in [0.4, 0.5) is 6.01 Å². The van der Waals surface area contributed by atoms with E-state index in [9.17, 15) is 4.79 Å². The minimum atomic E-state index is 0.381. The molecule has 4 fully saturated rings. The van der Waals surface area contributed by atoms with E-state index in [1.54, 1.807) is 0 Å². The Kier molecular flexibility index (Phi) is 2.56. The average Bonchev–Trinajstić information content (AvgIpc) is 2.94. The van der Waals surface area contributed by atoms with Crippen LogP contribution >= 0.6 is 0 Å². The van der Waals surface area contributed by atoms with Crippen LogP contribution in [0.2, 0.25) is 0 Å². The number of fused-ring (bicyclic) bond motifs is 1. The number of hydrogen-bond acceptors (Lipinski definition) is 6. The molecule has 0 amide bonds. The van der Waals surface area contributed by atoms with Gasteiger partial charge in [-0.05, 0) is 38.0 Å². The zero-order valence-electron chi connectivity index (χ0n) is 12.9. The van der Waals surface area contributed by atoms with Gasteiger partial charge in [0.1, 0.15) is 6.29 Å². The second-order valence-corrected chi connectivity index (χ2v) is 7.87. The van der Waals surface area contributed by atoms with Crippen LogP contribution in [-0.4, -0.2) is 53.5 Å². The smallest absolute Gasteiger partial charge is 0.323 e. The second-order valence-electron chi connectivity index (χ2n) is 7.87. The molecule has 5 rings (SSSR count). The first-order valence-corrected chi connectivity index (χ1v) is 8.42. The quantitative estimate of drug-likeness (QED) is 0.780. The lowest BCUT2D eigenvalue weighted by atomic mass is 9.78. The molecule has 0 bridgehead atoms. The van der Waals surface area contributed by atoms with Crippen molar-refractivity contribution in [1.82, 2.24) is 15.0 Å². The van der Waals surface area contributed by atoms with Gasteiger partial charge in [0.05, 0.1) is 0 Å². The normalized spacial score (nSPS) is 39.0. The minimum absolute atomic E-state index is 0.381.